The molecule has 0 atom stereocenters. The highest BCUT2D eigenvalue weighted by molar-refractivity contribution is 7.80. The van der Waals surface area contributed by atoms with E-state index in [4.69, 9.17) is 21.7 Å². The van der Waals surface area contributed by atoms with E-state index in [1.54, 1.807) is 7.11 Å². The minimum Gasteiger partial charge on any atom is -0.497 e. The van der Waals surface area contributed by atoms with Crippen LogP contribution in [0, 0.1) is 0 Å². The number of thiocarbonyl (C=S) groups is 1. The first kappa shape index (κ1) is 19.5. The molecule has 5 heteroatoms. The monoisotopic (exact) mass is 384 g/mol. The number of benzene rings is 2. The van der Waals surface area contributed by atoms with Crippen molar-refractivity contribution < 1.29 is 9.47 Å². The van der Waals surface area contributed by atoms with Gasteiger partial charge in [0.05, 0.1) is 13.2 Å². The number of hydrogen-bond acceptors (Lipinski definition) is 3. The zero-order valence-corrected chi connectivity index (χ0v) is 16.7. The molecule has 0 radical (unpaired) electrons. The van der Waals surface area contributed by atoms with Crippen molar-refractivity contribution in [1.29, 1.82) is 0 Å². The molecule has 27 heavy (non-hydrogen) atoms. The van der Waals surface area contributed by atoms with E-state index < -0.39 is 0 Å². The molecule has 1 aliphatic rings. The zero-order valence-electron chi connectivity index (χ0n) is 15.9. The zero-order chi connectivity index (χ0) is 18.9. The summed E-state index contributed by atoms with van der Waals surface area (Å²) in [6, 6.07) is 16.2. The maximum absolute atomic E-state index is 5.99. The molecule has 4 nitrogen and oxygen atoms in total. The lowest BCUT2D eigenvalue weighted by Crippen LogP contribution is -2.29. The molecule has 0 heterocycles. The van der Waals surface area contributed by atoms with Gasteiger partial charge in [-0.1, -0.05) is 12.1 Å². The largest absolute Gasteiger partial charge is 0.497 e. The smallest absolute Gasteiger partial charge is 0.170 e. The van der Waals surface area contributed by atoms with E-state index >= 15 is 0 Å². The third-order valence-electron chi connectivity index (χ3n) is 4.78. The number of nitrogens with one attached hydrogen (secondary N) is 2. The topological polar surface area (TPSA) is 42.5 Å². The standard InChI is InChI=1S/C22H28N2O2S/c1-25-21-10-4-6-17(16-21)7-5-15-23-22(27)24-18-11-13-20(14-12-18)26-19-8-2-3-9-19/h4,6,10-14,16,19H,2-3,5,7-9,15H2,1H3,(H2,23,24,27). The summed E-state index contributed by atoms with van der Waals surface area (Å²) in [6.45, 7) is 0.825. The van der Waals surface area contributed by atoms with Gasteiger partial charge in [0.1, 0.15) is 11.5 Å². The molecule has 2 N–H and O–H groups in total. The predicted molar refractivity (Wildman–Crippen MR) is 115 cm³/mol. The summed E-state index contributed by atoms with van der Waals surface area (Å²) >= 11 is 5.38. The Kier molecular flexibility index (Phi) is 7.34. The first-order valence-corrected chi connectivity index (χ1v) is 10.1. The summed E-state index contributed by atoms with van der Waals surface area (Å²) in [7, 11) is 1.69. The molecular weight excluding hydrogens is 356 g/mol. The van der Waals surface area contributed by atoms with Crippen LogP contribution in [0.3, 0.4) is 0 Å². The molecular formula is C22H28N2O2S. The lowest BCUT2D eigenvalue weighted by Gasteiger charge is -2.14. The van der Waals surface area contributed by atoms with Crippen LogP contribution in [-0.4, -0.2) is 24.9 Å². The van der Waals surface area contributed by atoms with Crippen molar-refractivity contribution in [2.24, 2.45) is 0 Å². The molecule has 2 aromatic carbocycles. The Labute approximate surface area is 167 Å². The van der Waals surface area contributed by atoms with Gasteiger partial charge in [0, 0.05) is 12.2 Å². The van der Waals surface area contributed by atoms with Gasteiger partial charge >= 0.3 is 0 Å². The van der Waals surface area contributed by atoms with Crippen molar-refractivity contribution in [2.75, 3.05) is 19.0 Å². The van der Waals surface area contributed by atoms with E-state index in [2.05, 4.69) is 22.8 Å². The Morgan fingerprint density at radius 2 is 1.85 bits per heavy atom. The minimum atomic E-state index is 0.385. The molecule has 0 unspecified atom stereocenters. The molecule has 2 aromatic rings. The Morgan fingerprint density at radius 3 is 2.59 bits per heavy atom. The number of anilines is 1. The first-order chi connectivity index (χ1) is 13.2. The maximum atomic E-state index is 5.99. The summed E-state index contributed by atoms with van der Waals surface area (Å²) < 4.78 is 11.2. The lowest BCUT2D eigenvalue weighted by molar-refractivity contribution is 0.210. The first-order valence-electron chi connectivity index (χ1n) is 9.67. The van der Waals surface area contributed by atoms with Crippen LogP contribution < -0.4 is 20.1 Å². The Morgan fingerprint density at radius 1 is 1.07 bits per heavy atom. The number of ether oxygens (including phenoxy) is 2. The summed E-state index contributed by atoms with van der Waals surface area (Å²) in [6.07, 6.45) is 7.28. The molecule has 1 saturated carbocycles. The fourth-order valence-corrected chi connectivity index (χ4v) is 3.53. The van der Waals surface area contributed by atoms with Crippen LogP contribution in [-0.2, 0) is 6.42 Å². The van der Waals surface area contributed by atoms with Crippen LogP contribution in [0.15, 0.2) is 48.5 Å². The third kappa shape index (κ3) is 6.43. The molecule has 0 aliphatic heterocycles. The summed E-state index contributed by atoms with van der Waals surface area (Å²) in [5.74, 6) is 1.84. The van der Waals surface area contributed by atoms with Crippen LogP contribution in [0.2, 0.25) is 0 Å². The highest BCUT2D eigenvalue weighted by Crippen LogP contribution is 2.25. The summed E-state index contributed by atoms with van der Waals surface area (Å²) in [5.41, 5.74) is 2.24. The fraction of sp³-hybridized carbons (Fsp3) is 0.409. The molecule has 0 bridgehead atoms. The van der Waals surface area contributed by atoms with Gasteiger partial charge in [0.2, 0.25) is 0 Å². The third-order valence-corrected chi connectivity index (χ3v) is 5.03. The van der Waals surface area contributed by atoms with Gasteiger partial charge in [-0.3, -0.25) is 0 Å². The second-order valence-electron chi connectivity index (χ2n) is 6.88. The van der Waals surface area contributed by atoms with Gasteiger partial charge in [0.25, 0.3) is 0 Å². The Balaban J connectivity index is 1.36. The average molecular weight is 385 g/mol. The molecule has 144 valence electrons. The second kappa shape index (κ2) is 10.2. The van der Waals surface area contributed by atoms with Gasteiger partial charge in [-0.25, -0.2) is 0 Å². The quantitative estimate of drug-likeness (QED) is 0.499. The number of aryl methyl sites for hydroxylation is 1. The molecule has 1 aliphatic carbocycles. The van der Waals surface area contributed by atoms with Crippen molar-refractivity contribution in [3.63, 3.8) is 0 Å². The van der Waals surface area contributed by atoms with Gasteiger partial charge in [-0.2, -0.15) is 0 Å². The normalized spacial score (nSPS) is 14.0. The average Bonchev–Trinajstić information content (AvgIpc) is 3.20. The van der Waals surface area contributed by atoms with Gasteiger partial charge < -0.3 is 20.1 Å². The molecule has 0 spiro atoms. The van der Waals surface area contributed by atoms with Gasteiger partial charge in [-0.15, -0.1) is 0 Å². The van der Waals surface area contributed by atoms with Crippen molar-refractivity contribution in [3.8, 4) is 11.5 Å². The Hall–Kier alpha value is -2.27. The SMILES string of the molecule is COc1cccc(CCCNC(=S)Nc2ccc(OC3CCCC3)cc2)c1. The molecule has 0 saturated heterocycles. The summed E-state index contributed by atoms with van der Waals surface area (Å²) in [4.78, 5) is 0. The van der Waals surface area contributed by atoms with E-state index in [-0.39, 0.29) is 0 Å². The number of hydrogen-bond donors (Lipinski definition) is 2. The van der Waals surface area contributed by atoms with Crippen molar-refractivity contribution in [1.82, 2.24) is 5.32 Å². The molecule has 1 fully saturated rings. The number of rotatable bonds is 8. The highest BCUT2D eigenvalue weighted by Gasteiger charge is 2.16. The van der Waals surface area contributed by atoms with Crippen LogP contribution in [0.25, 0.3) is 0 Å². The van der Waals surface area contributed by atoms with Gasteiger partial charge in [-0.05, 0) is 92.7 Å². The number of methoxy groups -OCH3 is 1. The van der Waals surface area contributed by atoms with Crippen LogP contribution in [0.5, 0.6) is 11.5 Å². The van der Waals surface area contributed by atoms with Crippen molar-refractivity contribution in [3.05, 3.63) is 54.1 Å². The van der Waals surface area contributed by atoms with E-state index in [0.717, 1.165) is 36.6 Å². The van der Waals surface area contributed by atoms with Crippen LogP contribution in [0.1, 0.15) is 37.7 Å². The van der Waals surface area contributed by atoms with Crippen molar-refractivity contribution in [2.45, 2.75) is 44.6 Å². The van der Waals surface area contributed by atoms with E-state index in [9.17, 15) is 0 Å². The van der Waals surface area contributed by atoms with E-state index in [1.807, 2.05) is 36.4 Å². The molecule has 3 rings (SSSR count). The maximum Gasteiger partial charge on any atom is 0.170 e. The lowest BCUT2D eigenvalue weighted by atomic mass is 10.1. The Bertz CT molecular complexity index is 727. The fourth-order valence-electron chi connectivity index (χ4n) is 3.31. The minimum absolute atomic E-state index is 0.385. The van der Waals surface area contributed by atoms with Crippen molar-refractivity contribution >= 4 is 23.0 Å². The van der Waals surface area contributed by atoms with E-state index in [1.165, 1.54) is 31.2 Å². The molecule has 0 aromatic heterocycles. The van der Waals surface area contributed by atoms with E-state index in [0.29, 0.717) is 11.2 Å². The highest BCUT2D eigenvalue weighted by atomic mass is 32.1. The second-order valence-corrected chi connectivity index (χ2v) is 7.29. The van der Waals surface area contributed by atoms with Crippen LogP contribution >= 0.6 is 12.2 Å². The molecule has 0 amide bonds. The summed E-state index contributed by atoms with van der Waals surface area (Å²) in [5, 5.41) is 7.13. The van der Waals surface area contributed by atoms with Gasteiger partial charge in [0.15, 0.2) is 5.11 Å². The van der Waals surface area contributed by atoms with Crippen LogP contribution in [0.4, 0.5) is 5.69 Å². The predicted octanol–water partition coefficient (Wildman–Crippen LogP) is 4.94.